The lowest BCUT2D eigenvalue weighted by molar-refractivity contribution is 0.0605. The zero-order valence-corrected chi connectivity index (χ0v) is 16.4. The van der Waals surface area contributed by atoms with Gasteiger partial charge in [0, 0.05) is 7.05 Å². The molecule has 0 unspecified atom stereocenters. The molecule has 26 heavy (non-hydrogen) atoms. The molecule has 6 nitrogen and oxygen atoms in total. The third-order valence-electron chi connectivity index (χ3n) is 2.95. The molecule has 0 aliphatic heterocycles. The van der Waals surface area contributed by atoms with Crippen molar-refractivity contribution in [1.29, 1.82) is 0 Å². The monoisotopic (exact) mass is 369 g/mol. The molecule has 0 bridgehead atoms. The highest BCUT2D eigenvalue weighted by Gasteiger charge is 2.02. The Balaban J connectivity index is 0. The second-order valence-corrected chi connectivity index (χ2v) is 5.65. The maximum absolute atomic E-state index is 10.9. The number of carbonyl (C=O) groups is 2. The van der Waals surface area contributed by atoms with Gasteiger partial charge in [0.05, 0.1) is 13.2 Å². The van der Waals surface area contributed by atoms with Crippen molar-refractivity contribution in [1.82, 2.24) is 5.32 Å². The van der Waals surface area contributed by atoms with Crippen LogP contribution in [0.3, 0.4) is 0 Å². The lowest BCUT2D eigenvalue weighted by Crippen LogP contribution is -2.19. The Kier molecular flexibility index (Phi) is 20.8. The molecular weight excluding hydrogens is 334 g/mol. The standard InChI is InChI=1S/C11H18O3.C9H17NO2/c1-4-5-6-7-8-13-11(12)14-9-10(2)3;1-3-4-5-6-7-8-12-9(11)10-2/h4H,1-2,5-9H2,3H3;3H,1,4-8H2,2H3,(H,10,11). The van der Waals surface area contributed by atoms with Gasteiger partial charge in [-0.3, -0.25) is 0 Å². The van der Waals surface area contributed by atoms with E-state index in [0.717, 1.165) is 50.5 Å². The van der Waals surface area contributed by atoms with Crippen LogP contribution < -0.4 is 5.32 Å². The van der Waals surface area contributed by atoms with Crippen molar-refractivity contribution in [2.45, 2.75) is 51.9 Å². The SMILES string of the molecule is C=CCCCCCOC(=O)NC.C=CCCCCOC(=O)OCC(=C)C. The number of unbranched alkanes of at least 4 members (excludes halogenated alkanes) is 5. The van der Waals surface area contributed by atoms with Crippen LogP contribution >= 0.6 is 0 Å². The van der Waals surface area contributed by atoms with Gasteiger partial charge in [-0.05, 0) is 57.4 Å². The molecule has 0 spiro atoms. The predicted octanol–water partition coefficient (Wildman–Crippen LogP) is 5.16. The van der Waals surface area contributed by atoms with Gasteiger partial charge < -0.3 is 19.5 Å². The van der Waals surface area contributed by atoms with Gasteiger partial charge >= 0.3 is 12.2 Å². The van der Waals surface area contributed by atoms with Gasteiger partial charge in [0.25, 0.3) is 0 Å². The quantitative estimate of drug-likeness (QED) is 0.276. The highest BCUT2D eigenvalue weighted by molar-refractivity contribution is 5.66. The number of rotatable bonds is 13. The fourth-order valence-corrected chi connectivity index (χ4v) is 1.57. The summed E-state index contributed by atoms with van der Waals surface area (Å²) in [6.45, 7) is 13.8. The number of amides is 1. The molecule has 6 heteroatoms. The van der Waals surface area contributed by atoms with E-state index in [-0.39, 0.29) is 12.7 Å². The number of hydrogen-bond donors (Lipinski definition) is 1. The molecule has 1 amide bonds. The number of carbonyl (C=O) groups excluding carboxylic acids is 2. The van der Waals surface area contributed by atoms with E-state index in [2.05, 4.69) is 25.1 Å². The van der Waals surface area contributed by atoms with Crippen LogP contribution in [0.1, 0.15) is 51.9 Å². The number of ether oxygens (including phenoxy) is 3. The molecule has 0 saturated carbocycles. The van der Waals surface area contributed by atoms with E-state index < -0.39 is 6.16 Å². The molecular formula is C20H35NO5. The van der Waals surface area contributed by atoms with Crippen molar-refractivity contribution in [3.8, 4) is 0 Å². The summed E-state index contributed by atoms with van der Waals surface area (Å²) in [5, 5.41) is 2.39. The maximum atomic E-state index is 10.9. The summed E-state index contributed by atoms with van der Waals surface area (Å²) in [5.41, 5.74) is 0.800. The number of alkyl carbamates (subject to hydrolysis) is 1. The van der Waals surface area contributed by atoms with Crippen molar-refractivity contribution in [2.75, 3.05) is 26.9 Å². The summed E-state index contributed by atoms with van der Waals surface area (Å²) in [6.07, 6.45) is 9.74. The molecule has 0 aliphatic carbocycles. The first-order valence-corrected chi connectivity index (χ1v) is 8.98. The minimum Gasteiger partial charge on any atom is -0.450 e. The first-order valence-electron chi connectivity index (χ1n) is 8.98. The Morgan fingerprint density at radius 2 is 1.42 bits per heavy atom. The van der Waals surface area contributed by atoms with Crippen molar-refractivity contribution >= 4 is 12.2 Å². The zero-order chi connectivity index (χ0) is 20.0. The van der Waals surface area contributed by atoms with E-state index in [1.165, 1.54) is 0 Å². The lowest BCUT2D eigenvalue weighted by Gasteiger charge is -2.05. The predicted molar refractivity (Wildman–Crippen MR) is 105 cm³/mol. The molecule has 0 aliphatic rings. The third kappa shape index (κ3) is 24.0. The van der Waals surface area contributed by atoms with Crippen LogP contribution in [0.2, 0.25) is 0 Å². The van der Waals surface area contributed by atoms with Crippen molar-refractivity contribution in [2.24, 2.45) is 0 Å². The molecule has 0 saturated heterocycles. The van der Waals surface area contributed by atoms with E-state index in [9.17, 15) is 9.59 Å². The Bertz CT molecular complexity index is 407. The van der Waals surface area contributed by atoms with E-state index in [1.54, 1.807) is 14.0 Å². The van der Waals surface area contributed by atoms with E-state index in [0.29, 0.717) is 13.2 Å². The summed E-state index contributed by atoms with van der Waals surface area (Å²) < 4.78 is 14.3. The molecule has 150 valence electrons. The second-order valence-electron chi connectivity index (χ2n) is 5.65. The average molecular weight is 370 g/mol. The van der Waals surface area contributed by atoms with Crippen LogP contribution in [0, 0.1) is 0 Å². The van der Waals surface area contributed by atoms with Gasteiger partial charge in [-0.1, -0.05) is 18.7 Å². The van der Waals surface area contributed by atoms with Crippen LogP contribution in [-0.4, -0.2) is 39.1 Å². The van der Waals surface area contributed by atoms with Gasteiger partial charge in [-0.15, -0.1) is 13.2 Å². The number of nitrogens with one attached hydrogen (secondary N) is 1. The van der Waals surface area contributed by atoms with Crippen LogP contribution in [0.4, 0.5) is 9.59 Å². The van der Waals surface area contributed by atoms with E-state index >= 15 is 0 Å². The Morgan fingerprint density at radius 1 is 0.885 bits per heavy atom. The molecule has 0 aromatic rings. The normalized spacial score (nSPS) is 9.15. The fraction of sp³-hybridized carbons (Fsp3) is 0.600. The van der Waals surface area contributed by atoms with E-state index in [4.69, 9.17) is 14.2 Å². The molecule has 1 N–H and O–H groups in total. The smallest absolute Gasteiger partial charge is 0.450 e. The van der Waals surface area contributed by atoms with Gasteiger partial charge in [-0.2, -0.15) is 0 Å². The highest BCUT2D eigenvalue weighted by atomic mass is 16.7. The second kappa shape index (κ2) is 20.8. The zero-order valence-electron chi connectivity index (χ0n) is 16.4. The molecule has 0 atom stereocenters. The summed E-state index contributed by atoms with van der Waals surface area (Å²) in [4.78, 5) is 21.4. The van der Waals surface area contributed by atoms with Crippen LogP contribution in [0.5, 0.6) is 0 Å². The molecule has 0 aromatic carbocycles. The average Bonchev–Trinajstić information content (AvgIpc) is 2.63. The van der Waals surface area contributed by atoms with Gasteiger partial charge in [0.2, 0.25) is 0 Å². The number of allylic oxidation sites excluding steroid dienone is 2. The number of hydrogen-bond acceptors (Lipinski definition) is 5. The summed E-state index contributed by atoms with van der Waals surface area (Å²) in [6, 6.07) is 0. The molecule has 0 aromatic heterocycles. The molecule has 0 heterocycles. The van der Waals surface area contributed by atoms with Crippen molar-refractivity contribution in [3.63, 3.8) is 0 Å². The largest absolute Gasteiger partial charge is 0.508 e. The van der Waals surface area contributed by atoms with Crippen LogP contribution in [0.15, 0.2) is 37.5 Å². The van der Waals surface area contributed by atoms with Gasteiger partial charge in [-0.25, -0.2) is 9.59 Å². The Hall–Kier alpha value is -2.24. The minimum atomic E-state index is -0.619. The topological polar surface area (TPSA) is 73.9 Å². The van der Waals surface area contributed by atoms with Crippen LogP contribution in [0.25, 0.3) is 0 Å². The van der Waals surface area contributed by atoms with E-state index in [1.807, 2.05) is 12.2 Å². The minimum absolute atomic E-state index is 0.228. The maximum Gasteiger partial charge on any atom is 0.508 e. The first kappa shape index (κ1) is 26.0. The van der Waals surface area contributed by atoms with Crippen LogP contribution in [-0.2, 0) is 14.2 Å². The summed E-state index contributed by atoms with van der Waals surface area (Å²) >= 11 is 0. The first-order chi connectivity index (χ1) is 12.5. The molecule has 0 fully saturated rings. The third-order valence-corrected chi connectivity index (χ3v) is 2.95. The Morgan fingerprint density at radius 3 is 1.96 bits per heavy atom. The Labute approximate surface area is 158 Å². The summed E-state index contributed by atoms with van der Waals surface area (Å²) in [7, 11) is 1.56. The van der Waals surface area contributed by atoms with Crippen molar-refractivity contribution in [3.05, 3.63) is 37.5 Å². The van der Waals surface area contributed by atoms with Gasteiger partial charge in [0.15, 0.2) is 0 Å². The molecule has 0 rings (SSSR count). The van der Waals surface area contributed by atoms with Crippen molar-refractivity contribution < 1.29 is 23.8 Å². The highest BCUT2D eigenvalue weighted by Crippen LogP contribution is 2.00. The lowest BCUT2D eigenvalue weighted by atomic mass is 10.2. The van der Waals surface area contributed by atoms with Gasteiger partial charge in [0.1, 0.15) is 6.61 Å². The summed E-state index contributed by atoms with van der Waals surface area (Å²) in [5.74, 6) is 0. The molecule has 0 radical (unpaired) electrons. The fourth-order valence-electron chi connectivity index (χ4n) is 1.57.